The summed E-state index contributed by atoms with van der Waals surface area (Å²) in [7, 11) is 0. The number of amides is 1. The van der Waals surface area contributed by atoms with Crippen LogP contribution in [0, 0.1) is 5.41 Å². The van der Waals surface area contributed by atoms with E-state index in [2.05, 4.69) is 20.2 Å². The van der Waals surface area contributed by atoms with Gasteiger partial charge in [-0.3, -0.25) is 4.79 Å². The Morgan fingerprint density at radius 1 is 1.40 bits per heavy atom. The quantitative estimate of drug-likeness (QED) is 0.844. The standard InChI is InChI=1S/C17H25N5O3/c1-3-18-14-4-7-19-16(20-14)21-8-5-17(6-9-21)10-13(15(24)25)22(11-17)12(2)23/h4,7,13H,3,5-6,8-11H2,1-2H3,(H,24,25)(H,18,19,20)/t13-/m1/s1. The number of hydrogen-bond acceptors (Lipinski definition) is 6. The maximum atomic E-state index is 11.8. The summed E-state index contributed by atoms with van der Waals surface area (Å²) in [6.45, 7) is 6.35. The first-order valence-electron chi connectivity index (χ1n) is 8.76. The van der Waals surface area contributed by atoms with Crippen LogP contribution in [0.5, 0.6) is 0 Å². The van der Waals surface area contributed by atoms with Crippen LogP contribution in [-0.2, 0) is 9.59 Å². The van der Waals surface area contributed by atoms with Gasteiger partial charge in [0.2, 0.25) is 11.9 Å². The summed E-state index contributed by atoms with van der Waals surface area (Å²) in [5.74, 6) is 0.441. The van der Waals surface area contributed by atoms with E-state index in [1.54, 1.807) is 6.20 Å². The van der Waals surface area contributed by atoms with Crippen LogP contribution in [0.4, 0.5) is 11.8 Å². The van der Waals surface area contributed by atoms with Gasteiger partial charge < -0.3 is 20.2 Å². The lowest BCUT2D eigenvalue weighted by Crippen LogP contribution is -2.43. The van der Waals surface area contributed by atoms with Gasteiger partial charge in [0.15, 0.2) is 0 Å². The van der Waals surface area contributed by atoms with Crippen molar-refractivity contribution in [3.63, 3.8) is 0 Å². The van der Waals surface area contributed by atoms with Gasteiger partial charge in [-0.25, -0.2) is 9.78 Å². The van der Waals surface area contributed by atoms with Gasteiger partial charge in [-0.2, -0.15) is 4.98 Å². The number of nitrogens with zero attached hydrogens (tertiary/aromatic N) is 4. The Bertz CT molecular complexity index is 633. The second kappa shape index (κ2) is 6.85. The van der Waals surface area contributed by atoms with Crippen molar-refractivity contribution in [3.8, 4) is 0 Å². The lowest BCUT2D eigenvalue weighted by molar-refractivity contribution is -0.147. The number of carbonyl (C=O) groups excluding carboxylic acids is 1. The van der Waals surface area contributed by atoms with Crippen molar-refractivity contribution in [3.05, 3.63) is 12.3 Å². The summed E-state index contributed by atoms with van der Waals surface area (Å²) in [6.07, 6.45) is 3.97. The molecule has 2 saturated heterocycles. The Morgan fingerprint density at radius 3 is 2.68 bits per heavy atom. The van der Waals surface area contributed by atoms with Crippen LogP contribution in [0.15, 0.2) is 12.3 Å². The lowest BCUT2D eigenvalue weighted by Gasteiger charge is -2.39. The number of hydrogen-bond donors (Lipinski definition) is 2. The predicted molar refractivity (Wildman–Crippen MR) is 93.5 cm³/mol. The number of aliphatic carboxylic acids is 1. The molecule has 0 aromatic carbocycles. The minimum atomic E-state index is -0.906. The van der Waals surface area contributed by atoms with Crippen LogP contribution in [0.2, 0.25) is 0 Å². The molecule has 1 spiro atoms. The molecule has 2 N–H and O–H groups in total. The summed E-state index contributed by atoms with van der Waals surface area (Å²) in [5.41, 5.74) is -0.107. The number of carbonyl (C=O) groups is 2. The van der Waals surface area contributed by atoms with Crippen LogP contribution in [-0.4, -0.2) is 64.1 Å². The third-order valence-corrected chi connectivity index (χ3v) is 5.31. The van der Waals surface area contributed by atoms with Crippen molar-refractivity contribution in [2.75, 3.05) is 36.4 Å². The van der Waals surface area contributed by atoms with E-state index < -0.39 is 12.0 Å². The summed E-state index contributed by atoms with van der Waals surface area (Å²) in [4.78, 5) is 35.8. The molecule has 2 fully saturated rings. The monoisotopic (exact) mass is 347 g/mol. The molecule has 2 aliphatic heterocycles. The Labute approximate surface area is 147 Å². The summed E-state index contributed by atoms with van der Waals surface area (Å²) in [5, 5.41) is 12.6. The molecule has 2 aliphatic rings. The van der Waals surface area contributed by atoms with Gasteiger partial charge in [0, 0.05) is 39.3 Å². The molecule has 0 unspecified atom stereocenters. The van der Waals surface area contributed by atoms with Crippen LogP contribution in [0.25, 0.3) is 0 Å². The number of anilines is 2. The maximum absolute atomic E-state index is 11.8. The summed E-state index contributed by atoms with van der Waals surface area (Å²) in [6, 6.07) is 1.15. The van der Waals surface area contributed by atoms with Crippen molar-refractivity contribution in [2.45, 2.75) is 39.2 Å². The average molecular weight is 347 g/mol. The molecule has 8 heteroatoms. The first kappa shape index (κ1) is 17.4. The van der Waals surface area contributed by atoms with Gasteiger partial charge in [0.05, 0.1) is 0 Å². The number of nitrogens with one attached hydrogen (secondary N) is 1. The molecular weight excluding hydrogens is 322 g/mol. The molecule has 0 bridgehead atoms. The minimum absolute atomic E-state index is 0.107. The zero-order valence-electron chi connectivity index (χ0n) is 14.7. The molecular formula is C17H25N5O3. The average Bonchev–Trinajstić information content (AvgIpc) is 2.96. The second-order valence-corrected chi connectivity index (χ2v) is 6.96. The zero-order chi connectivity index (χ0) is 18.0. The van der Waals surface area contributed by atoms with Crippen LogP contribution < -0.4 is 10.2 Å². The Balaban J connectivity index is 1.68. The van der Waals surface area contributed by atoms with E-state index in [0.29, 0.717) is 18.9 Å². The van der Waals surface area contributed by atoms with Crippen molar-refractivity contribution < 1.29 is 14.7 Å². The fraction of sp³-hybridized carbons (Fsp3) is 0.647. The van der Waals surface area contributed by atoms with Gasteiger partial charge in [-0.1, -0.05) is 0 Å². The first-order valence-corrected chi connectivity index (χ1v) is 8.76. The Morgan fingerprint density at radius 2 is 2.12 bits per heavy atom. The number of aromatic nitrogens is 2. The second-order valence-electron chi connectivity index (χ2n) is 6.96. The predicted octanol–water partition coefficient (Wildman–Crippen LogP) is 1.20. The van der Waals surface area contributed by atoms with Gasteiger partial charge in [-0.15, -0.1) is 0 Å². The van der Waals surface area contributed by atoms with E-state index in [1.165, 1.54) is 11.8 Å². The molecule has 3 heterocycles. The van der Waals surface area contributed by atoms with Crippen LogP contribution >= 0.6 is 0 Å². The Kier molecular flexibility index (Phi) is 4.78. The third-order valence-electron chi connectivity index (χ3n) is 5.31. The fourth-order valence-corrected chi connectivity index (χ4v) is 3.93. The largest absolute Gasteiger partial charge is 0.480 e. The lowest BCUT2D eigenvalue weighted by atomic mass is 9.76. The van der Waals surface area contributed by atoms with Gasteiger partial charge in [0.25, 0.3) is 0 Å². The highest BCUT2D eigenvalue weighted by molar-refractivity contribution is 5.83. The number of likely N-dealkylation sites (tertiary alicyclic amines) is 1. The topological polar surface area (TPSA) is 98.7 Å². The van der Waals surface area contributed by atoms with Crippen molar-refractivity contribution in [2.24, 2.45) is 5.41 Å². The maximum Gasteiger partial charge on any atom is 0.326 e. The van der Waals surface area contributed by atoms with Gasteiger partial charge >= 0.3 is 5.97 Å². The minimum Gasteiger partial charge on any atom is -0.480 e. The smallest absolute Gasteiger partial charge is 0.326 e. The molecule has 8 nitrogen and oxygen atoms in total. The highest BCUT2D eigenvalue weighted by Gasteiger charge is 2.49. The van der Waals surface area contributed by atoms with Gasteiger partial charge in [0.1, 0.15) is 11.9 Å². The number of piperidine rings is 1. The normalized spacial score (nSPS) is 22.2. The summed E-state index contributed by atoms with van der Waals surface area (Å²) >= 11 is 0. The van der Waals surface area contributed by atoms with Crippen LogP contribution in [0.3, 0.4) is 0 Å². The molecule has 0 aliphatic carbocycles. The molecule has 3 rings (SSSR count). The molecule has 1 aromatic heterocycles. The molecule has 25 heavy (non-hydrogen) atoms. The number of carboxylic acid groups (broad SMARTS) is 1. The van der Waals surface area contributed by atoms with Crippen LogP contribution in [0.1, 0.15) is 33.1 Å². The molecule has 1 atom stereocenters. The molecule has 136 valence electrons. The van der Waals surface area contributed by atoms with E-state index in [4.69, 9.17) is 0 Å². The summed E-state index contributed by atoms with van der Waals surface area (Å²) < 4.78 is 0. The van der Waals surface area contributed by atoms with E-state index in [9.17, 15) is 14.7 Å². The zero-order valence-corrected chi connectivity index (χ0v) is 14.7. The number of carboxylic acids is 1. The molecule has 0 saturated carbocycles. The van der Waals surface area contributed by atoms with Crippen molar-refractivity contribution in [1.29, 1.82) is 0 Å². The van der Waals surface area contributed by atoms with Gasteiger partial charge in [-0.05, 0) is 37.7 Å². The third kappa shape index (κ3) is 3.52. The molecule has 0 radical (unpaired) electrons. The molecule has 1 amide bonds. The first-order chi connectivity index (χ1) is 11.9. The SMILES string of the molecule is CCNc1ccnc(N2CCC3(CC2)C[C@H](C(=O)O)N(C(C)=O)C3)n1. The molecule has 1 aromatic rings. The van der Waals surface area contributed by atoms with Crippen molar-refractivity contribution in [1.82, 2.24) is 14.9 Å². The van der Waals surface area contributed by atoms with E-state index in [0.717, 1.165) is 38.3 Å². The van der Waals surface area contributed by atoms with E-state index in [-0.39, 0.29) is 11.3 Å². The number of rotatable bonds is 4. The highest BCUT2D eigenvalue weighted by atomic mass is 16.4. The fourth-order valence-electron chi connectivity index (χ4n) is 3.93. The highest BCUT2D eigenvalue weighted by Crippen LogP contribution is 2.43. The Hall–Kier alpha value is -2.38. The van der Waals surface area contributed by atoms with E-state index >= 15 is 0 Å². The van der Waals surface area contributed by atoms with Crippen molar-refractivity contribution >= 4 is 23.6 Å². The van der Waals surface area contributed by atoms with E-state index in [1.807, 2.05) is 13.0 Å².